The van der Waals surface area contributed by atoms with Crippen LogP contribution in [-0.4, -0.2) is 49.6 Å². The SMILES string of the molecule is COc1cc(OC)cc(OCC(=O)N(Cc2ccccc2)C(Cc2ccccc2)C(=O)NC2CCCCC2)c1. The second kappa shape index (κ2) is 14.2. The van der Waals surface area contributed by atoms with E-state index in [2.05, 4.69) is 5.32 Å². The number of rotatable bonds is 12. The Bertz CT molecular complexity index is 1170. The highest BCUT2D eigenvalue weighted by molar-refractivity contribution is 5.88. The summed E-state index contributed by atoms with van der Waals surface area (Å²) in [5.41, 5.74) is 1.93. The molecule has 0 spiro atoms. The fourth-order valence-electron chi connectivity index (χ4n) is 4.97. The van der Waals surface area contributed by atoms with Crippen LogP contribution in [0, 0.1) is 0 Å². The van der Waals surface area contributed by atoms with E-state index in [4.69, 9.17) is 14.2 Å². The first kappa shape index (κ1) is 28.0. The molecule has 1 N–H and O–H groups in total. The maximum Gasteiger partial charge on any atom is 0.261 e. The summed E-state index contributed by atoms with van der Waals surface area (Å²) in [4.78, 5) is 29.3. The van der Waals surface area contributed by atoms with Crippen LogP contribution in [0.1, 0.15) is 43.2 Å². The first-order chi connectivity index (χ1) is 19.1. The smallest absolute Gasteiger partial charge is 0.261 e. The van der Waals surface area contributed by atoms with Crippen molar-refractivity contribution in [1.29, 1.82) is 0 Å². The Kier molecular flexibility index (Phi) is 10.2. The molecule has 0 aliphatic heterocycles. The van der Waals surface area contributed by atoms with E-state index in [1.54, 1.807) is 37.3 Å². The van der Waals surface area contributed by atoms with Gasteiger partial charge in [0, 0.05) is 37.2 Å². The van der Waals surface area contributed by atoms with Crippen LogP contribution >= 0.6 is 0 Å². The summed E-state index contributed by atoms with van der Waals surface area (Å²) in [5.74, 6) is 1.17. The van der Waals surface area contributed by atoms with Crippen molar-refractivity contribution in [3.8, 4) is 17.2 Å². The molecule has 1 atom stereocenters. The van der Waals surface area contributed by atoms with Crippen LogP contribution in [-0.2, 0) is 22.6 Å². The van der Waals surface area contributed by atoms with Crippen LogP contribution in [0.25, 0.3) is 0 Å². The zero-order valence-electron chi connectivity index (χ0n) is 22.8. The van der Waals surface area contributed by atoms with E-state index in [1.165, 1.54) is 6.42 Å². The van der Waals surface area contributed by atoms with Crippen molar-refractivity contribution in [3.05, 3.63) is 90.0 Å². The van der Waals surface area contributed by atoms with Gasteiger partial charge < -0.3 is 24.4 Å². The molecule has 1 fully saturated rings. The Hall–Kier alpha value is -4.00. The minimum atomic E-state index is -0.689. The Morgan fingerprint density at radius 2 is 1.38 bits per heavy atom. The van der Waals surface area contributed by atoms with Crippen LogP contribution in [0.3, 0.4) is 0 Å². The molecule has 7 heteroatoms. The van der Waals surface area contributed by atoms with Gasteiger partial charge in [0.15, 0.2) is 6.61 Å². The number of nitrogens with one attached hydrogen (secondary N) is 1. The Morgan fingerprint density at radius 3 is 1.97 bits per heavy atom. The zero-order valence-corrected chi connectivity index (χ0v) is 22.8. The minimum Gasteiger partial charge on any atom is -0.496 e. The van der Waals surface area contributed by atoms with E-state index < -0.39 is 6.04 Å². The van der Waals surface area contributed by atoms with Crippen molar-refractivity contribution >= 4 is 11.8 Å². The molecule has 1 aliphatic carbocycles. The van der Waals surface area contributed by atoms with E-state index in [0.29, 0.717) is 30.2 Å². The van der Waals surface area contributed by atoms with Crippen LogP contribution in [0.4, 0.5) is 0 Å². The molecule has 206 valence electrons. The highest BCUT2D eigenvalue weighted by Crippen LogP contribution is 2.27. The van der Waals surface area contributed by atoms with Crippen molar-refractivity contribution < 1.29 is 23.8 Å². The number of nitrogens with zero attached hydrogens (tertiary/aromatic N) is 1. The van der Waals surface area contributed by atoms with Crippen molar-refractivity contribution in [2.24, 2.45) is 0 Å². The van der Waals surface area contributed by atoms with Crippen molar-refractivity contribution in [2.45, 2.75) is 57.2 Å². The molecule has 2 amide bonds. The predicted octanol–water partition coefficient (Wildman–Crippen LogP) is 5.17. The first-order valence-electron chi connectivity index (χ1n) is 13.6. The van der Waals surface area contributed by atoms with E-state index in [0.717, 1.165) is 36.8 Å². The van der Waals surface area contributed by atoms with Gasteiger partial charge >= 0.3 is 0 Å². The molecule has 0 bridgehead atoms. The first-order valence-corrected chi connectivity index (χ1v) is 13.6. The molecule has 0 saturated heterocycles. The van der Waals surface area contributed by atoms with E-state index in [1.807, 2.05) is 60.7 Å². The second-order valence-electron chi connectivity index (χ2n) is 9.89. The summed E-state index contributed by atoms with van der Waals surface area (Å²) >= 11 is 0. The Balaban J connectivity index is 1.60. The number of amides is 2. The number of hydrogen-bond acceptors (Lipinski definition) is 5. The van der Waals surface area contributed by atoms with Gasteiger partial charge in [-0.1, -0.05) is 79.9 Å². The molecule has 4 rings (SSSR count). The van der Waals surface area contributed by atoms with E-state index in [9.17, 15) is 9.59 Å². The number of hydrogen-bond donors (Lipinski definition) is 1. The highest BCUT2D eigenvalue weighted by atomic mass is 16.5. The molecule has 0 radical (unpaired) electrons. The normalized spacial score (nSPS) is 14.2. The lowest BCUT2D eigenvalue weighted by atomic mass is 9.94. The highest BCUT2D eigenvalue weighted by Gasteiger charge is 2.32. The molecular formula is C32H38N2O5. The topological polar surface area (TPSA) is 77.1 Å². The van der Waals surface area contributed by atoms with Gasteiger partial charge in [0.25, 0.3) is 5.91 Å². The molecule has 0 heterocycles. The summed E-state index contributed by atoms with van der Waals surface area (Å²) < 4.78 is 16.6. The van der Waals surface area contributed by atoms with E-state index in [-0.39, 0.29) is 24.5 Å². The fraction of sp³-hybridized carbons (Fsp3) is 0.375. The number of carbonyl (C=O) groups is 2. The number of methoxy groups -OCH3 is 2. The van der Waals surface area contributed by atoms with Gasteiger partial charge in [-0.15, -0.1) is 0 Å². The number of benzene rings is 3. The average molecular weight is 531 g/mol. The molecule has 1 aliphatic rings. The van der Waals surface area contributed by atoms with Crippen LogP contribution in [0.2, 0.25) is 0 Å². The zero-order chi connectivity index (χ0) is 27.5. The summed E-state index contributed by atoms with van der Waals surface area (Å²) in [5, 5.41) is 3.26. The number of ether oxygens (including phenoxy) is 3. The minimum absolute atomic E-state index is 0.127. The van der Waals surface area contributed by atoms with Gasteiger partial charge in [0.05, 0.1) is 14.2 Å². The molecule has 0 aromatic heterocycles. The summed E-state index contributed by atoms with van der Waals surface area (Å²) in [6.45, 7) is 0.0607. The van der Waals surface area contributed by atoms with Gasteiger partial charge in [-0.3, -0.25) is 9.59 Å². The predicted molar refractivity (Wildman–Crippen MR) is 151 cm³/mol. The third-order valence-electron chi connectivity index (χ3n) is 7.11. The average Bonchev–Trinajstić information content (AvgIpc) is 2.99. The lowest BCUT2D eigenvalue weighted by Crippen LogP contribution is -2.53. The summed E-state index contributed by atoms with van der Waals surface area (Å²) in [7, 11) is 3.12. The van der Waals surface area contributed by atoms with Crippen LogP contribution in [0.15, 0.2) is 78.9 Å². The van der Waals surface area contributed by atoms with Crippen molar-refractivity contribution in [1.82, 2.24) is 10.2 Å². The second-order valence-corrected chi connectivity index (χ2v) is 9.89. The third-order valence-corrected chi connectivity index (χ3v) is 7.11. The maximum absolute atomic E-state index is 13.8. The molecule has 7 nitrogen and oxygen atoms in total. The van der Waals surface area contributed by atoms with Crippen LogP contribution < -0.4 is 19.5 Å². The fourth-order valence-corrected chi connectivity index (χ4v) is 4.97. The molecule has 1 unspecified atom stereocenters. The Morgan fingerprint density at radius 1 is 0.821 bits per heavy atom. The maximum atomic E-state index is 13.8. The van der Waals surface area contributed by atoms with Gasteiger partial charge in [-0.2, -0.15) is 0 Å². The van der Waals surface area contributed by atoms with Gasteiger partial charge in [-0.25, -0.2) is 0 Å². The standard InChI is InChI=1S/C32H38N2O5/c1-37-27-19-28(38-2)21-29(20-27)39-23-31(35)34(22-25-14-8-4-9-15-25)30(18-24-12-6-3-7-13-24)32(36)33-26-16-10-5-11-17-26/h3-4,6-9,12-15,19-21,26,30H,5,10-11,16-18,22-23H2,1-2H3,(H,33,36). The molecule has 1 saturated carbocycles. The number of carbonyl (C=O) groups excluding carboxylic acids is 2. The summed E-state index contributed by atoms with van der Waals surface area (Å²) in [6.07, 6.45) is 5.77. The van der Waals surface area contributed by atoms with Crippen molar-refractivity contribution in [3.63, 3.8) is 0 Å². The molecule has 39 heavy (non-hydrogen) atoms. The third kappa shape index (κ3) is 8.24. The largest absolute Gasteiger partial charge is 0.496 e. The van der Waals surface area contributed by atoms with Crippen LogP contribution in [0.5, 0.6) is 17.2 Å². The molecular weight excluding hydrogens is 492 g/mol. The lowest BCUT2D eigenvalue weighted by Gasteiger charge is -2.33. The van der Waals surface area contributed by atoms with Crippen molar-refractivity contribution in [2.75, 3.05) is 20.8 Å². The Labute approximate surface area is 231 Å². The summed E-state index contributed by atoms with van der Waals surface area (Å²) in [6, 6.07) is 24.2. The lowest BCUT2D eigenvalue weighted by molar-refractivity contribution is -0.143. The van der Waals surface area contributed by atoms with E-state index >= 15 is 0 Å². The molecule has 3 aromatic carbocycles. The van der Waals surface area contributed by atoms with Gasteiger partial charge in [0.1, 0.15) is 23.3 Å². The van der Waals surface area contributed by atoms with Gasteiger partial charge in [0.2, 0.25) is 5.91 Å². The molecule has 3 aromatic rings. The quantitative estimate of drug-likeness (QED) is 0.350. The van der Waals surface area contributed by atoms with Gasteiger partial charge in [-0.05, 0) is 24.0 Å². The monoisotopic (exact) mass is 530 g/mol.